The van der Waals surface area contributed by atoms with Gasteiger partial charge < -0.3 is 10.3 Å². The molecule has 4 rings (SSSR count). The van der Waals surface area contributed by atoms with E-state index in [1.54, 1.807) is 43.5 Å². The van der Waals surface area contributed by atoms with Gasteiger partial charge in [0.2, 0.25) is 0 Å². The zero-order valence-corrected chi connectivity index (χ0v) is 20.6. The SMILES string of the molecule is C=N/C(=C\C(=C/C)C(=O)NCc1ccc2[nH]cc(Cl)c2c1F)Cc1cc(C#N)c2ncc(C)cc2c1. The number of nitrogens with zero attached hydrogens (tertiary/aromatic N) is 3. The molecule has 0 spiro atoms. The summed E-state index contributed by atoms with van der Waals surface area (Å²) < 4.78 is 14.9. The number of aromatic amines is 1. The van der Waals surface area contributed by atoms with Gasteiger partial charge in [-0.05, 0) is 62.0 Å². The van der Waals surface area contributed by atoms with Gasteiger partial charge in [-0.25, -0.2) is 4.39 Å². The Morgan fingerprint density at radius 1 is 1.36 bits per heavy atom. The van der Waals surface area contributed by atoms with Gasteiger partial charge in [0, 0.05) is 53.1 Å². The highest BCUT2D eigenvalue weighted by molar-refractivity contribution is 6.35. The lowest BCUT2D eigenvalue weighted by atomic mass is 10.0. The van der Waals surface area contributed by atoms with E-state index in [0.29, 0.717) is 45.2 Å². The van der Waals surface area contributed by atoms with E-state index in [0.717, 1.165) is 16.5 Å². The first-order valence-corrected chi connectivity index (χ1v) is 11.6. The van der Waals surface area contributed by atoms with Crippen LogP contribution >= 0.6 is 11.6 Å². The molecule has 180 valence electrons. The van der Waals surface area contributed by atoms with Gasteiger partial charge in [0.1, 0.15) is 11.9 Å². The molecule has 4 aromatic rings. The van der Waals surface area contributed by atoms with E-state index in [-0.39, 0.29) is 17.5 Å². The number of aliphatic imine (C=N–C) groups is 1. The van der Waals surface area contributed by atoms with Crippen LogP contribution in [-0.2, 0) is 17.8 Å². The van der Waals surface area contributed by atoms with Crippen LogP contribution in [0.3, 0.4) is 0 Å². The van der Waals surface area contributed by atoms with Crippen molar-refractivity contribution in [1.82, 2.24) is 15.3 Å². The highest BCUT2D eigenvalue weighted by Crippen LogP contribution is 2.28. The summed E-state index contributed by atoms with van der Waals surface area (Å²) in [5, 5.41) is 13.8. The number of H-pyrrole nitrogens is 1. The quantitative estimate of drug-likeness (QED) is 0.183. The predicted molar refractivity (Wildman–Crippen MR) is 141 cm³/mol. The maximum atomic E-state index is 14.9. The van der Waals surface area contributed by atoms with E-state index in [4.69, 9.17) is 11.6 Å². The molecule has 0 fully saturated rings. The molecule has 2 aromatic carbocycles. The second-order valence-electron chi connectivity index (χ2n) is 8.33. The molecule has 0 saturated carbocycles. The largest absolute Gasteiger partial charge is 0.360 e. The number of benzene rings is 2. The number of aryl methyl sites for hydroxylation is 1. The minimum absolute atomic E-state index is 0.00724. The van der Waals surface area contributed by atoms with Gasteiger partial charge in [0.05, 0.1) is 21.5 Å². The summed E-state index contributed by atoms with van der Waals surface area (Å²) in [7, 11) is 0. The molecule has 0 aliphatic rings. The van der Waals surface area contributed by atoms with E-state index >= 15 is 0 Å². The Balaban J connectivity index is 1.53. The second-order valence-corrected chi connectivity index (χ2v) is 8.74. The summed E-state index contributed by atoms with van der Waals surface area (Å²) in [6.45, 7) is 7.31. The monoisotopic (exact) mass is 499 g/mol. The van der Waals surface area contributed by atoms with E-state index < -0.39 is 5.82 Å². The van der Waals surface area contributed by atoms with Gasteiger partial charge in [-0.15, -0.1) is 0 Å². The van der Waals surface area contributed by atoms with Crippen LogP contribution in [-0.4, -0.2) is 22.6 Å². The summed E-state index contributed by atoms with van der Waals surface area (Å²) in [4.78, 5) is 24.2. The molecule has 2 aromatic heterocycles. The molecule has 0 bridgehead atoms. The number of hydrogen-bond acceptors (Lipinski definition) is 4. The van der Waals surface area contributed by atoms with Crippen molar-refractivity contribution in [1.29, 1.82) is 5.26 Å². The summed E-state index contributed by atoms with van der Waals surface area (Å²) in [6, 6.07) is 11.2. The van der Waals surface area contributed by atoms with Crippen molar-refractivity contribution in [3.05, 3.63) is 99.2 Å². The summed E-state index contributed by atoms with van der Waals surface area (Å²) in [5.41, 5.74) is 4.77. The molecule has 6 nitrogen and oxygen atoms in total. The molecule has 0 radical (unpaired) electrons. The van der Waals surface area contributed by atoms with Crippen molar-refractivity contribution < 1.29 is 9.18 Å². The minimum atomic E-state index is -0.473. The number of hydrogen-bond donors (Lipinski definition) is 2. The van der Waals surface area contributed by atoms with Gasteiger partial charge in [0.15, 0.2) is 0 Å². The fraction of sp³-hybridized carbons (Fsp3) is 0.143. The smallest absolute Gasteiger partial charge is 0.251 e. The van der Waals surface area contributed by atoms with E-state index in [2.05, 4.69) is 33.1 Å². The third kappa shape index (κ3) is 5.04. The molecule has 36 heavy (non-hydrogen) atoms. The number of aromatic nitrogens is 2. The Morgan fingerprint density at radius 2 is 2.17 bits per heavy atom. The normalized spacial score (nSPS) is 12.1. The van der Waals surface area contributed by atoms with Gasteiger partial charge in [-0.2, -0.15) is 5.26 Å². The Labute approximate surface area is 212 Å². The van der Waals surface area contributed by atoms with Crippen LogP contribution < -0.4 is 5.32 Å². The fourth-order valence-corrected chi connectivity index (χ4v) is 4.27. The zero-order valence-electron chi connectivity index (χ0n) is 19.8. The van der Waals surface area contributed by atoms with Crippen LogP contribution in [0.15, 0.2) is 71.1 Å². The lowest BCUT2D eigenvalue weighted by molar-refractivity contribution is -0.117. The molecule has 0 aliphatic carbocycles. The predicted octanol–water partition coefficient (Wildman–Crippen LogP) is 6.08. The highest BCUT2D eigenvalue weighted by Gasteiger charge is 2.14. The first-order valence-electron chi connectivity index (χ1n) is 11.2. The summed E-state index contributed by atoms with van der Waals surface area (Å²) >= 11 is 6.07. The molecular formula is C28H23ClFN5O. The number of rotatable bonds is 7. The molecule has 0 unspecified atom stereocenters. The van der Waals surface area contributed by atoms with Crippen molar-refractivity contribution in [3.8, 4) is 6.07 Å². The Morgan fingerprint density at radius 3 is 2.89 bits per heavy atom. The Kier molecular flexibility index (Phi) is 7.28. The number of halogens is 2. The lowest BCUT2D eigenvalue weighted by Gasteiger charge is -2.10. The molecule has 1 amide bonds. The first-order chi connectivity index (χ1) is 17.3. The van der Waals surface area contributed by atoms with Crippen molar-refractivity contribution >= 4 is 46.0 Å². The lowest BCUT2D eigenvalue weighted by Crippen LogP contribution is -2.24. The van der Waals surface area contributed by atoms with Gasteiger partial charge in [-0.1, -0.05) is 23.7 Å². The van der Waals surface area contributed by atoms with Crippen molar-refractivity contribution in [2.24, 2.45) is 4.99 Å². The Hall–Kier alpha value is -4.28. The summed E-state index contributed by atoms with van der Waals surface area (Å²) in [6.07, 6.45) is 6.90. The number of nitriles is 1. The van der Waals surface area contributed by atoms with Crippen LogP contribution in [0.2, 0.25) is 5.02 Å². The molecular weight excluding hydrogens is 477 g/mol. The van der Waals surface area contributed by atoms with Crippen molar-refractivity contribution in [2.45, 2.75) is 26.8 Å². The third-order valence-corrected chi connectivity index (χ3v) is 6.14. The van der Waals surface area contributed by atoms with Crippen LogP contribution in [0.4, 0.5) is 4.39 Å². The van der Waals surface area contributed by atoms with Crippen LogP contribution in [0.25, 0.3) is 21.8 Å². The van der Waals surface area contributed by atoms with Gasteiger partial charge in [0.25, 0.3) is 5.91 Å². The van der Waals surface area contributed by atoms with Crippen molar-refractivity contribution in [2.75, 3.05) is 0 Å². The number of carbonyl (C=O) groups excluding carboxylic acids is 1. The third-order valence-electron chi connectivity index (χ3n) is 5.84. The highest BCUT2D eigenvalue weighted by atomic mass is 35.5. The minimum Gasteiger partial charge on any atom is -0.360 e. The fourth-order valence-electron chi connectivity index (χ4n) is 4.03. The number of fused-ring (bicyclic) bond motifs is 2. The topological polar surface area (TPSA) is 93.9 Å². The van der Waals surface area contributed by atoms with Crippen molar-refractivity contribution in [3.63, 3.8) is 0 Å². The Bertz CT molecular complexity index is 1610. The maximum Gasteiger partial charge on any atom is 0.251 e. The number of carbonyl (C=O) groups is 1. The number of nitrogens with one attached hydrogen (secondary N) is 2. The van der Waals surface area contributed by atoms with Gasteiger partial charge >= 0.3 is 0 Å². The molecule has 8 heteroatoms. The van der Waals surface area contributed by atoms with E-state index in [1.807, 2.05) is 19.1 Å². The van der Waals surface area contributed by atoms with Crippen LogP contribution in [0.5, 0.6) is 0 Å². The average Bonchev–Trinajstić information content (AvgIpc) is 3.26. The number of pyridine rings is 1. The standard InChI is InChI=1S/C28H23ClFN5O/c1-4-18(28(36)35-14-19-5-6-24-25(26(19)30)23(29)15-33-24)11-22(32-3)10-17-8-20-7-16(2)13-34-27(20)21(9-17)12-31/h4-9,11,13,15,33H,3,10,14H2,1-2H3,(H,35,36)/b18-4+,22-11-. The van der Waals surface area contributed by atoms with Crippen LogP contribution in [0.1, 0.15) is 29.2 Å². The number of allylic oxidation sites excluding steroid dienone is 2. The molecule has 0 saturated heterocycles. The average molecular weight is 500 g/mol. The molecule has 2 heterocycles. The molecule has 2 N–H and O–H groups in total. The molecule has 0 aliphatic heterocycles. The number of amides is 1. The van der Waals surface area contributed by atoms with Gasteiger partial charge in [-0.3, -0.25) is 14.8 Å². The van der Waals surface area contributed by atoms with E-state index in [9.17, 15) is 14.4 Å². The second kappa shape index (κ2) is 10.5. The molecule has 0 atom stereocenters. The zero-order chi connectivity index (χ0) is 25.8. The first kappa shape index (κ1) is 24.8. The summed E-state index contributed by atoms with van der Waals surface area (Å²) in [5.74, 6) is -0.853. The van der Waals surface area contributed by atoms with Crippen LogP contribution in [0, 0.1) is 24.1 Å². The van der Waals surface area contributed by atoms with E-state index in [1.165, 1.54) is 6.20 Å². The maximum absolute atomic E-state index is 14.9.